The number of rotatable bonds is 0. The minimum absolute atomic E-state index is 0.618. The molecule has 0 radical (unpaired) electrons. The Morgan fingerprint density at radius 1 is 0.625 bits per heavy atom. The van der Waals surface area contributed by atoms with Crippen LogP contribution < -0.4 is 11.5 Å². The molecule has 0 bridgehead atoms. The van der Waals surface area contributed by atoms with Crippen LogP contribution in [0.5, 0.6) is 0 Å². The zero-order chi connectivity index (χ0) is 12.0. The molecular weight excluding hydrogens is 243 g/mol. The third kappa shape index (κ3) is 4.01. The number of anilines is 2. The van der Waals surface area contributed by atoms with Crippen molar-refractivity contribution < 1.29 is 0 Å². The highest BCUT2D eigenvalue weighted by atomic mass is 35.5. The van der Waals surface area contributed by atoms with E-state index < -0.39 is 0 Å². The van der Waals surface area contributed by atoms with Crippen LogP contribution in [0.2, 0.25) is 10.0 Å². The molecule has 2 aromatic carbocycles. The van der Waals surface area contributed by atoms with Gasteiger partial charge in [0.05, 0.1) is 21.4 Å². The molecule has 0 aromatic heterocycles. The van der Waals surface area contributed by atoms with Crippen molar-refractivity contribution in [2.45, 2.75) is 0 Å². The predicted molar refractivity (Wildman–Crippen MR) is 71.7 cm³/mol. The largest absolute Gasteiger partial charge is 0.398 e. The van der Waals surface area contributed by atoms with Crippen LogP contribution in [0.3, 0.4) is 0 Å². The van der Waals surface area contributed by atoms with E-state index in [1.807, 2.05) is 24.3 Å². The van der Waals surface area contributed by atoms with E-state index in [1.165, 1.54) is 0 Å². The second kappa shape index (κ2) is 6.26. The summed E-state index contributed by atoms with van der Waals surface area (Å²) in [5.74, 6) is 0. The van der Waals surface area contributed by atoms with Gasteiger partial charge in [0, 0.05) is 0 Å². The van der Waals surface area contributed by atoms with Crippen molar-refractivity contribution in [2.24, 2.45) is 0 Å². The molecule has 0 amide bonds. The van der Waals surface area contributed by atoms with Crippen molar-refractivity contribution >= 4 is 34.6 Å². The number of benzene rings is 2. The van der Waals surface area contributed by atoms with Crippen LogP contribution in [0.4, 0.5) is 11.4 Å². The minimum atomic E-state index is 0.618. The zero-order valence-corrected chi connectivity index (χ0v) is 10.0. The van der Waals surface area contributed by atoms with E-state index in [-0.39, 0.29) is 0 Å². The van der Waals surface area contributed by atoms with Crippen LogP contribution >= 0.6 is 23.2 Å². The van der Waals surface area contributed by atoms with Gasteiger partial charge in [-0.1, -0.05) is 47.5 Å². The van der Waals surface area contributed by atoms with Gasteiger partial charge in [-0.2, -0.15) is 0 Å². The van der Waals surface area contributed by atoms with Crippen molar-refractivity contribution in [1.29, 1.82) is 0 Å². The lowest BCUT2D eigenvalue weighted by Crippen LogP contribution is -1.82. The molecule has 0 fully saturated rings. The first-order chi connectivity index (χ1) is 7.61. The summed E-state index contributed by atoms with van der Waals surface area (Å²) in [5.41, 5.74) is 12.0. The Kier molecular flexibility index (Phi) is 4.96. The molecule has 84 valence electrons. The Labute approximate surface area is 105 Å². The summed E-state index contributed by atoms with van der Waals surface area (Å²) in [5, 5.41) is 1.24. The predicted octanol–water partition coefficient (Wildman–Crippen LogP) is 3.84. The summed E-state index contributed by atoms with van der Waals surface area (Å²) in [4.78, 5) is 0. The number of nitrogen functional groups attached to an aromatic ring is 2. The first-order valence-corrected chi connectivity index (χ1v) is 5.37. The molecular formula is C12H12Cl2N2. The molecule has 2 aromatic rings. The van der Waals surface area contributed by atoms with Gasteiger partial charge in [-0.15, -0.1) is 0 Å². The number of nitrogens with two attached hydrogens (primary N) is 2. The molecule has 0 saturated heterocycles. The molecule has 16 heavy (non-hydrogen) atoms. The average molecular weight is 255 g/mol. The quantitative estimate of drug-likeness (QED) is 0.702. The maximum atomic E-state index is 5.58. The van der Waals surface area contributed by atoms with Crippen LogP contribution in [0, 0.1) is 0 Å². The highest BCUT2D eigenvalue weighted by molar-refractivity contribution is 6.33. The summed E-state index contributed by atoms with van der Waals surface area (Å²) >= 11 is 11.2. The highest BCUT2D eigenvalue weighted by Gasteiger charge is 1.88. The summed E-state index contributed by atoms with van der Waals surface area (Å²) in [6, 6.07) is 14.4. The summed E-state index contributed by atoms with van der Waals surface area (Å²) in [6.07, 6.45) is 0. The Morgan fingerprint density at radius 3 is 1.12 bits per heavy atom. The molecule has 4 heteroatoms. The minimum Gasteiger partial charge on any atom is -0.398 e. The van der Waals surface area contributed by atoms with Crippen LogP contribution in [-0.4, -0.2) is 0 Å². The summed E-state index contributed by atoms with van der Waals surface area (Å²) < 4.78 is 0. The fraction of sp³-hybridized carbons (Fsp3) is 0. The van der Waals surface area contributed by atoms with Gasteiger partial charge in [0.1, 0.15) is 0 Å². The molecule has 0 heterocycles. The number of para-hydroxylation sites is 2. The van der Waals surface area contributed by atoms with Crippen LogP contribution in [0.15, 0.2) is 48.5 Å². The first kappa shape index (κ1) is 12.7. The van der Waals surface area contributed by atoms with E-state index in [1.54, 1.807) is 24.3 Å². The topological polar surface area (TPSA) is 52.0 Å². The molecule has 2 rings (SSSR count). The highest BCUT2D eigenvalue weighted by Crippen LogP contribution is 2.16. The molecule has 0 unspecified atom stereocenters. The van der Waals surface area contributed by atoms with E-state index in [2.05, 4.69) is 0 Å². The fourth-order valence-electron chi connectivity index (χ4n) is 0.950. The number of hydrogen-bond donors (Lipinski definition) is 2. The fourth-order valence-corrected chi connectivity index (χ4v) is 1.22. The van der Waals surface area contributed by atoms with Gasteiger partial charge in [0.2, 0.25) is 0 Å². The third-order valence-electron chi connectivity index (χ3n) is 1.81. The lowest BCUT2D eigenvalue weighted by Gasteiger charge is -1.91. The van der Waals surface area contributed by atoms with Crippen molar-refractivity contribution in [3.63, 3.8) is 0 Å². The van der Waals surface area contributed by atoms with Crippen LogP contribution in [0.25, 0.3) is 0 Å². The number of hydrogen-bond acceptors (Lipinski definition) is 2. The SMILES string of the molecule is Nc1ccccc1Cl.Nc1ccccc1Cl. The van der Waals surface area contributed by atoms with Crippen molar-refractivity contribution in [3.05, 3.63) is 58.6 Å². The standard InChI is InChI=1S/2C6H6ClN/c2*7-5-3-1-2-4-6(5)8/h2*1-4H,8H2. The average Bonchev–Trinajstić information content (AvgIpc) is 2.28. The van der Waals surface area contributed by atoms with Crippen molar-refractivity contribution in [2.75, 3.05) is 11.5 Å². The molecule has 2 nitrogen and oxygen atoms in total. The van der Waals surface area contributed by atoms with Gasteiger partial charge in [-0.25, -0.2) is 0 Å². The monoisotopic (exact) mass is 254 g/mol. The van der Waals surface area contributed by atoms with Crippen LogP contribution in [-0.2, 0) is 0 Å². The van der Waals surface area contributed by atoms with E-state index in [9.17, 15) is 0 Å². The molecule has 4 N–H and O–H groups in total. The molecule has 0 saturated carbocycles. The normalized spacial score (nSPS) is 9.12. The molecule has 0 spiro atoms. The van der Waals surface area contributed by atoms with E-state index in [0.29, 0.717) is 21.4 Å². The lowest BCUT2D eigenvalue weighted by atomic mass is 10.3. The van der Waals surface area contributed by atoms with Gasteiger partial charge in [0.25, 0.3) is 0 Å². The Bertz CT molecular complexity index is 373. The summed E-state index contributed by atoms with van der Waals surface area (Å²) in [7, 11) is 0. The smallest absolute Gasteiger partial charge is 0.0635 e. The second-order valence-electron chi connectivity index (χ2n) is 3.04. The van der Waals surface area contributed by atoms with E-state index in [0.717, 1.165) is 0 Å². The first-order valence-electron chi connectivity index (χ1n) is 4.61. The van der Waals surface area contributed by atoms with E-state index >= 15 is 0 Å². The van der Waals surface area contributed by atoms with Gasteiger partial charge in [-0.05, 0) is 24.3 Å². The lowest BCUT2D eigenvalue weighted by molar-refractivity contribution is 1.68. The Balaban J connectivity index is 0.000000160. The zero-order valence-electron chi connectivity index (χ0n) is 8.53. The molecule has 0 aliphatic heterocycles. The van der Waals surface area contributed by atoms with Crippen LogP contribution in [0.1, 0.15) is 0 Å². The number of halogens is 2. The Morgan fingerprint density at radius 2 is 0.938 bits per heavy atom. The van der Waals surface area contributed by atoms with Crippen molar-refractivity contribution in [3.8, 4) is 0 Å². The molecule has 0 aliphatic rings. The third-order valence-corrected chi connectivity index (χ3v) is 2.50. The maximum Gasteiger partial charge on any atom is 0.0635 e. The maximum absolute atomic E-state index is 5.58. The second-order valence-corrected chi connectivity index (χ2v) is 3.86. The van der Waals surface area contributed by atoms with Gasteiger partial charge >= 0.3 is 0 Å². The van der Waals surface area contributed by atoms with E-state index in [4.69, 9.17) is 34.7 Å². The summed E-state index contributed by atoms with van der Waals surface area (Å²) in [6.45, 7) is 0. The van der Waals surface area contributed by atoms with Crippen molar-refractivity contribution in [1.82, 2.24) is 0 Å². The van der Waals surface area contributed by atoms with Gasteiger partial charge in [-0.3, -0.25) is 0 Å². The molecule has 0 aliphatic carbocycles. The Hall–Kier alpha value is -1.38. The van der Waals surface area contributed by atoms with Gasteiger partial charge < -0.3 is 11.5 Å². The molecule has 0 atom stereocenters. The van der Waals surface area contributed by atoms with Gasteiger partial charge in [0.15, 0.2) is 0 Å².